The van der Waals surface area contributed by atoms with Crippen molar-refractivity contribution in [2.45, 2.75) is 31.9 Å². The minimum Gasteiger partial charge on any atom is -0.351 e. The molecule has 0 radical (unpaired) electrons. The normalized spacial score (nSPS) is 19.7. The van der Waals surface area contributed by atoms with E-state index in [1.165, 1.54) is 0 Å². The number of imidazole rings is 1. The van der Waals surface area contributed by atoms with Gasteiger partial charge in [0.25, 0.3) is 5.92 Å². The third-order valence-corrected chi connectivity index (χ3v) is 3.80. The molecule has 1 atom stereocenters. The van der Waals surface area contributed by atoms with E-state index in [1.807, 2.05) is 17.6 Å². The number of pyridine rings is 1. The summed E-state index contributed by atoms with van der Waals surface area (Å²) in [5, 5.41) is 5.23. The van der Waals surface area contributed by atoms with E-state index >= 15 is 0 Å². The molecule has 122 valence electrons. The molecule has 2 aromatic rings. The van der Waals surface area contributed by atoms with Crippen molar-refractivity contribution in [2.24, 2.45) is 0 Å². The quantitative estimate of drug-likeness (QED) is 0.887. The smallest absolute Gasteiger partial charge is 0.262 e. The molecule has 0 aliphatic carbocycles. The van der Waals surface area contributed by atoms with Crippen LogP contribution in [0.25, 0.3) is 5.82 Å². The second-order valence-electron chi connectivity index (χ2n) is 5.54. The van der Waals surface area contributed by atoms with Crippen LogP contribution in [0, 0.1) is 6.92 Å². The van der Waals surface area contributed by atoms with Crippen molar-refractivity contribution in [3.63, 3.8) is 0 Å². The maximum absolute atomic E-state index is 13.1. The SMILES string of the molecule is Cc1nccn1-c1ncccc1CNC(=O)C1CC(F)(F)CN1. The van der Waals surface area contributed by atoms with Gasteiger partial charge in [-0.05, 0) is 13.0 Å². The maximum Gasteiger partial charge on any atom is 0.262 e. The van der Waals surface area contributed by atoms with Crippen molar-refractivity contribution >= 4 is 5.91 Å². The van der Waals surface area contributed by atoms with Gasteiger partial charge in [-0.3, -0.25) is 14.7 Å². The first-order valence-electron chi connectivity index (χ1n) is 7.29. The lowest BCUT2D eigenvalue weighted by Gasteiger charge is -2.14. The standard InChI is InChI=1S/C15H17F2N5O/c1-10-18-5-6-22(10)13-11(3-2-4-19-13)8-20-14(23)12-7-15(16,17)9-21-12/h2-6,12,21H,7-9H2,1H3,(H,20,23). The Bertz CT molecular complexity index is 715. The van der Waals surface area contributed by atoms with Crippen LogP contribution in [0.5, 0.6) is 0 Å². The summed E-state index contributed by atoms with van der Waals surface area (Å²) < 4.78 is 28.1. The fraction of sp³-hybridized carbons (Fsp3) is 0.400. The van der Waals surface area contributed by atoms with Crippen LogP contribution < -0.4 is 10.6 Å². The van der Waals surface area contributed by atoms with E-state index in [0.717, 1.165) is 11.4 Å². The number of alkyl halides is 2. The van der Waals surface area contributed by atoms with Crippen molar-refractivity contribution in [2.75, 3.05) is 6.54 Å². The number of carbonyl (C=O) groups excluding carboxylic acids is 1. The van der Waals surface area contributed by atoms with Crippen LogP contribution in [0.1, 0.15) is 17.8 Å². The van der Waals surface area contributed by atoms with Gasteiger partial charge in [-0.1, -0.05) is 6.07 Å². The predicted octanol–water partition coefficient (Wildman–Crippen LogP) is 1.19. The summed E-state index contributed by atoms with van der Waals surface area (Å²) in [7, 11) is 0. The van der Waals surface area contributed by atoms with Gasteiger partial charge in [-0.2, -0.15) is 0 Å². The molecule has 1 amide bonds. The Morgan fingerprint density at radius 1 is 1.48 bits per heavy atom. The van der Waals surface area contributed by atoms with Crippen molar-refractivity contribution < 1.29 is 13.6 Å². The Morgan fingerprint density at radius 2 is 2.30 bits per heavy atom. The van der Waals surface area contributed by atoms with Crippen LogP contribution in [-0.2, 0) is 11.3 Å². The zero-order valence-corrected chi connectivity index (χ0v) is 12.6. The lowest BCUT2D eigenvalue weighted by molar-refractivity contribution is -0.123. The highest BCUT2D eigenvalue weighted by Gasteiger charge is 2.42. The first-order chi connectivity index (χ1) is 11.0. The number of rotatable bonds is 4. The van der Waals surface area contributed by atoms with Crippen LogP contribution in [0.2, 0.25) is 0 Å². The van der Waals surface area contributed by atoms with Gasteiger partial charge in [0.15, 0.2) is 0 Å². The Kier molecular flexibility index (Phi) is 4.08. The van der Waals surface area contributed by atoms with E-state index in [4.69, 9.17) is 0 Å². The number of hydrogen-bond donors (Lipinski definition) is 2. The third-order valence-electron chi connectivity index (χ3n) is 3.80. The van der Waals surface area contributed by atoms with Crippen molar-refractivity contribution in [1.82, 2.24) is 25.2 Å². The van der Waals surface area contributed by atoms with Crippen LogP contribution in [0.3, 0.4) is 0 Å². The summed E-state index contributed by atoms with van der Waals surface area (Å²) in [5.74, 6) is -1.82. The molecule has 1 fully saturated rings. The molecule has 0 aromatic carbocycles. The van der Waals surface area contributed by atoms with E-state index < -0.39 is 30.8 Å². The van der Waals surface area contributed by atoms with Crippen LogP contribution in [0.4, 0.5) is 8.78 Å². The number of aromatic nitrogens is 3. The van der Waals surface area contributed by atoms with Gasteiger partial charge in [-0.25, -0.2) is 18.7 Å². The van der Waals surface area contributed by atoms with Gasteiger partial charge in [0.1, 0.15) is 11.6 Å². The van der Waals surface area contributed by atoms with Crippen LogP contribution in [0.15, 0.2) is 30.7 Å². The van der Waals surface area contributed by atoms with E-state index in [2.05, 4.69) is 20.6 Å². The summed E-state index contributed by atoms with van der Waals surface area (Å²) in [6, 6.07) is 2.73. The van der Waals surface area contributed by atoms with Gasteiger partial charge < -0.3 is 5.32 Å². The zero-order chi connectivity index (χ0) is 16.4. The maximum atomic E-state index is 13.1. The molecule has 6 nitrogen and oxygen atoms in total. The van der Waals surface area contributed by atoms with E-state index in [9.17, 15) is 13.6 Å². The minimum atomic E-state index is -2.82. The molecule has 8 heteroatoms. The van der Waals surface area contributed by atoms with Gasteiger partial charge in [0, 0.05) is 37.1 Å². The molecule has 0 spiro atoms. The van der Waals surface area contributed by atoms with E-state index in [1.54, 1.807) is 24.7 Å². The Morgan fingerprint density at radius 3 is 2.96 bits per heavy atom. The summed E-state index contributed by atoms with van der Waals surface area (Å²) in [5.41, 5.74) is 0.784. The number of nitrogens with zero attached hydrogens (tertiary/aromatic N) is 3. The minimum absolute atomic E-state index is 0.212. The molecule has 2 aromatic heterocycles. The summed E-state index contributed by atoms with van der Waals surface area (Å²) in [6.45, 7) is 1.60. The molecule has 1 saturated heterocycles. The molecule has 3 heterocycles. The fourth-order valence-electron chi connectivity index (χ4n) is 2.59. The molecule has 0 bridgehead atoms. The summed E-state index contributed by atoms with van der Waals surface area (Å²) in [4.78, 5) is 20.5. The van der Waals surface area contributed by atoms with Crippen molar-refractivity contribution in [1.29, 1.82) is 0 Å². The number of halogens is 2. The average Bonchev–Trinajstić information content (AvgIpc) is 3.10. The molecule has 3 rings (SSSR count). The number of hydrogen-bond acceptors (Lipinski definition) is 4. The molecule has 23 heavy (non-hydrogen) atoms. The van der Waals surface area contributed by atoms with Crippen LogP contribution >= 0.6 is 0 Å². The topological polar surface area (TPSA) is 71.8 Å². The summed E-state index contributed by atoms with van der Waals surface area (Å²) in [6.07, 6.45) is 4.62. The monoisotopic (exact) mass is 321 g/mol. The first-order valence-corrected chi connectivity index (χ1v) is 7.29. The highest BCUT2D eigenvalue weighted by Crippen LogP contribution is 2.25. The zero-order valence-electron chi connectivity index (χ0n) is 12.6. The van der Waals surface area contributed by atoms with Crippen LogP contribution in [-0.4, -0.2) is 39.0 Å². The van der Waals surface area contributed by atoms with Gasteiger partial charge in [0.05, 0.1) is 12.6 Å². The van der Waals surface area contributed by atoms with E-state index in [0.29, 0.717) is 5.82 Å². The fourth-order valence-corrected chi connectivity index (χ4v) is 2.59. The second kappa shape index (κ2) is 6.04. The lowest BCUT2D eigenvalue weighted by atomic mass is 10.1. The number of nitrogens with one attached hydrogen (secondary N) is 2. The molecule has 0 saturated carbocycles. The van der Waals surface area contributed by atoms with Gasteiger partial charge in [-0.15, -0.1) is 0 Å². The Balaban J connectivity index is 1.70. The molecular weight excluding hydrogens is 304 g/mol. The van der Waals surface area contributed by atoms with Gasteiger partial charge in [0.2, 0.25) is 5.91 Å². The van der Waals surface area contributed by atoms with E-state index in [-0.39, 0.29) is 6.54 Å². The third kappa shape index (κ3) is 3.37. The number of amides is 1. The first kappa shape index (κ1) is 15.5. The number of aryl methyl sites for hydroxylation is 1. The van der Waals surface area contributed by atoms with Crippen molar-refractivity contribution in [3.8, 4) is 5.82 Å². The summed E-state index contributed by atoms with van der Waals surface area (Å²) >= 11 is 0. The highest BCUT2D eigenvalue weighted by molar-refractivity contribution is 5.82. The molecule has 1 unspecified atom stereocenters. The lowest BCUT2D eigenvalue weighted by Crippen LogP contribution is -2.40. The second-order valence-corrected chi connectivity index (χ2v) is 5.54. The Labute approximate surface area is 131 Å². The number of carbonyl (C=O) groups is 1. The molecule has 1 aliphatic rings. The Hall–Kier alpha value is -2.35. The molecular formula is C15H17F2N5O. The largest absolute Gasteiger partial charge is 0.351 e. The van der Waals surface area contributed by atoms with Gasteiger partial charge >= 0.3 is 0 Å². The molecule has 2 N–H and O–H groups in total. The molecule has 1 aliphatic heterocycles. The van der Waals surface area contributed by atoms with Crippen molar-refractivity contribution in [3.05, 3.63) is 42.1 Å². The predicted molar refractivity (Wildman–Crippen MR) is 79.3 cm³/mol. The highest BCUT2D eigenvalue weighted by atomic mass is 19.3. The average molecular weight is 321 g/mol.